The zero-order valence-electron chi connectivity index (χ0n) is 11.6. The van der Waals surface area contributed by atoms with Gasteiger partial charge in [0.25, 0.3) is 5.91 Å². The molecule has 3 aromatic rings. The highest BCUT2D eigenvalue weighted by Crippen LogP contribution is 2.39. The van der Waals surface area contributed by atoms with Crippen molar-refractivity contribution in [3.63, 3.8) is 0 Å². The largest absolute Gasteiger partial charge is 0.481 e. The van der Waals surface area contributed by atoms with Crippen LogP contribution < -0.4 is 10.5 Å². The number of hydrogen-bond donors (Lipinski definition) is 1. The Morgan fingerprint density at radius 3 is 2.64 bits per heavy atom. The topological polar surface area (TPSA) is 76.1 Å². The van der Waals surface area contributed by atoms with Gasteiger partial charge < -0.3 is 10.5 Å². The van der Waals surface area contributed by atoms with Gasteiger partial charge in [-0.3, -0.25) is 4.79 Å². The van der Waals surface area contributed by atoms with Gasteiger partial charge in [0.2, 0.25) is 0 Å². The standard InChI is InChI=1S/C17H12N2O2S/c18-9-15-17(21-10-16(19)20)13-8-12(6-7-14(13)22-15)11-4-2-1-3-5-11/h1-8H,10H2,(H2,19,20). The lowest BCUT2D eigenvalue weighted by Gasteiger charge is -2.05. The van der Waals surface area contributed by atoms with Crippen molar-refractivity contribution in [1.29, 1.82) is 5.26 Å². The molecule has 4 nitrogen and oxygen atoms in total. The molecule has 0 fully saturated rings. The van der Waals surface area contributed by atoms with Crippen molar-refractivity contribution in [3.05, 3.63) is 53.4 Å². The smallest absolute Gasteiger partial charge is 0.255 e. The predicted molar refractivity (Wildman–Crippen MR) is 86.7 cm³/mol. The Labute approximate surface area is 131 Å². The Morgan fingerprint density at radius 1 is 1.18 bits per heavy atom. The first-order valence-electron chi connectivity index (χ1n) is 6.62. The summed E-state index contributed by atoms with van der Waals surface area (Å²) in [5.41, 5.74) is 7.23. The van der Waals surface area contributed by atoms with Gasteiger partial charge in [0.05, 0.1) is 0 Å². The number of nitriles is 1. The molecule has 0 aliphatic heterocycles. The molecule has 5 heteroatoms. The van der Waals surface area contributed by atoms with Crippen LogP contribution >= 0.6 is 11.3 Å². The fraction of sp³-hybridized carbons (Fsp3) is 0.0588. The van der Waals surface area contributed by atoms with Crippen molar-refractivity contribution in [2.24, 2.45) is 5.73 Å². The summed E-state index contributed by atoms with van der Waals surface area (Å²) in [6, 6.07) is 18.0. The molecule has 0 saturated carbocycles. The number of benzene rings is 2. The summed E-state index contributed by atoms with van der Waals surface area (Å²) in [7, 11) is 0. The first-order chi connectivity index (χ1) is 10.7. The molecule has 0 bridgehead atoms. The number of rotatable bonds is 4. The SMILES string of the molecule is N#Cc1sc2ccc(-c3ccccc3)cc2c1OCC(N)=O. The minimum atomic E-state index is -0.567. The zero-order valence-corrected chi connectivity index (χ0v) is 12.4. The van der Waals surface area contributed by atoms with E-state index in [9.17, 15) is 10.1 Å². The molecule has 1 aromatic heterocycles. The van der Waals surface area contributed by atoms with Crippen LogP contribution in [0.15, 0.2) is 48.5 Å². The number of carbonyl (C=O) groups excluding carboxylic acids is 1. The number of carbonyl (C=O) groups is 1. The molecular weight excluding hydrogens is 296 g/mol. The van der Waals surface area contributed by atoms with Crippen LogP contribution in [0, 0.1) is 11.3 Å². The van der Waals surface area contributed by atoms with Gasteiger partial charge >= 0.3 is 0 Å². The number of ether oxygens (including phenoxy) is 1. The Morgan fingerprint density at radius 2 is 1.95 bits per heavy atom. The van der Waals surface area contributed by atoms with Crippen LogP contribution in [0.3, 0.4) is 0 Å². The van der Waals surface area contributed by atoms with E-state index in [4.69, 9.17) is 10.5 Å². The quantitative estimate of drug-likeness (QED) is 0.803. The molecule has 1 heterocycles. The van der Waals surface area contributed by atoms with E-state index in [-0.39, 0.29) is 6.61 Å². The molecular formula is C17H12N2O2S. The lowest BCUT2D eigenvalue weighted by molar-refractivity contribution is -0.119. The Kier molecular flexibility index (Phi) is 3.77. The maximum Gasteiger partial charge on any atom is 0.255 e. The van der Waals surface area contributed by atoms with Crippen LogP contribution in [0.2, 0.25) is 0 Å². The number of primary amides is 1. The van der Waals surface area contributed by atoms with Crippen LogP contribution in [0.5, 0.6) is 5.75 Å². The van der Waals surface area contributed by atoms with Gasteiger partial charge in [-0.2, -0.15) is 5.26 Å². The maximum atomic E-state index is 10.9. The second-order valence-electron chi connectivity index (χ2n) is 4.70. The number of fused-ring (bicyclic) bond motifs is 1. The molecule has 2 aromatic carbocycles. The Balaban J connectivity index is 2.12. The highest BCUT2D eigenvalue weighted by molar-refractivity contribution is 7.20. The van der Waals surface area contributed by atoms with Gasteiger partial charge in [-0.1, -0.05) is 36.4 Å². The predicted octanol–water partition coefficient (Wildman–Crippen LogP) is 3.30. The summed E-state index contributed by atoms with van der Waals surface area (Å²) in [6.07, 6.45) is 0. The zero-order chi connectivity index (χ0) is 15.5. The van der Waals surface area contributed by atoms with Crippen LogP contribution in [0.4, 0.5) is 0 Å². The fourth-order valence-electron chi connectivity index (χ4n) is 2.25. The number of thiophene rings is 1. The molecule has 1 amide bonds. The first-order valence-corrected chi connectivity index (χ1v) is 7.44. The van der Waals surface area contributed by atoms with Crippen molar-refractivity contribution in [2.75, 3.05) is 6.61 Å². The third-order valence-electron chi connectivity index (χ3n) is 3.21. The molecule has 108 valence electrons. The van der Waals surface area contributed by atoms with Gasteiger partial charge in [-0.15, -0.1) is 11.3 Å². The average molecular weight is 308 g/mol. The summed E-state index contributed by atoms with van der Waals surface area (Å²) < 4.78 is 6.39. The number of amides is 1. The monoisotopic (exact) mass is 308 g/mol. The normalized spacial score (nSPS) is 10.3. The molecule has 0 radical (unpaired) electrons. The van der Waals surface area contributed by atoms with Crippen LogP contribution in [0.25, 0.3) is 21.2 Å². The van der Waals surface area contributed by atoms with E-state index in [2.05, 4.69) is 6.07 Å². The summed E-state index contributed by atoms with van der Waals surface area (Å²) >= 11 is 1.34. The lowest BCUT2D eigenvalue weighted by Crippen LogP contribution is -2.20. The van der Waals surface area contributed by atoms with Crippen molar-refractivity contribution in [1.82, 2.24) is 0 Å². The van der Waals surface area contributed by atoms with Crippen LogP contribution in [-0.2, 0) is 4.79 Å². The van der Waals surface area contributed by atoms with Gasteiger partial charge in [-0.25, -0.2) is 0 Å². The van der Waals surface area contributed by atoms with E-state index in [1.165, 1.54) is 11.3 Å². The van der Waals surface area contributed by atoms with E-state index in [1.54, 1.807) is 0 Å². The van der Waals surface area contributed by atoms with Crippen molar-refractivity contribution in [2.45, 2.75) is 0 Å². The van der Waals surface area contributed by atoms with Gasteiger partial charge in [0, 0.05) is 10.1 Å². The summed E-state index contributed by atoms with van der Waals surface area (Å²) in [6.45, 7) is -0.240. The molecule has 0 aliphatic carbocycles. The lowest BCUT2D eigenvalue weighted by atomic mass is 10.0. The third-order valence-corrected chi connectivity index (χ3v) is 4.27. The number of nitrogens with two attached hydrogens (primary N) is 1. The van der Waals surface area contributed by atoms with Gasteiger partial charge in [-0.05, 0) is 23.3 Å². The molecule has 0 atom stereocenters. The van der Waals surface area contributed by atoms with Crippen molar-refractivity contribution >= 4 is 27.3 Å². The third kappa shape index (κ3) is 2.65. The van der Waals surface area contributed by atoms with Gasteiger partial charge in [0.1, 0.15) is 10.9 Å². The summed E-state index contributed by atoms with van der Waals surface area (Å²) in [5.74, 6) is -0.137. The van der Waals surface area contributed by atoms with Crippen LogP contribution in [-0.4, -0.2) is 12.5 Å². The number of hydrogen-bond acceptors (Lipinski definition) is 4. The molecule has 2 N–H and O–H groups in total. The van der Waals surface area contributed by atoms with E-state index in [0.29, 0.717) is 10.6 Å². The van der Waals surface area contributed by atoms with Gasteiger partial charge in [0.15, 0.2) is 12.4 Å². The van der Waals surface area contributed by atoms with Crippen LogP contribution in [0.1, 0.15) is 4.88 Å². The highest BCUT2D eigenvalue weighted by Gasteiger charge is 2.15. The first kappa shape index (κ1) is 14.1. The second kappa shape index (κ2) is 5.88. The minimum absolute atomic E-state index is 0.240. The average Bonchev–Trinajstić information content (AvgIpc) is 2.90. The molecule has 0 spiro atoms. The fourth-order valence-corrected chi connectivity index (χ4v) is 3.17. The Hall–Kier alpha value is -2.84. The highest BCUT2D eigenvalue weighted by atomic mass is 32.1. The molecule has 3 rings (SSSR count). The van der Waals surface area contributed by atoms with Crippen molar-refractivity contribution < 1.29 is 9.53 Å². The van der Waals surface area contributed by atoms with E-state index in [1.807, 2.05) is 48.5 Å². The molecule has 0 unspecified atom stereocenters. The second-order valence-corrected chi connectivity index (χ2v) is 5.76. The summed E-state index contributed by atoms with van der Waals surface area (Å²) in [5, 5.41) is 10.1. The van der Waals surface area contributed by atoms with E-state index in [0.717, 1.165) is 21.2 Å². The minimum Gasteiger partial charge on any atom is -0.481 e. The molecule has 0 aliphatic rings. The van der Waals surface area contributed by atoms with E-state index < -0.39 is 5.91 Å². The molecule has 0 saturated heterocycles. The summed E-state index contributed by atoms with van der Waals surface area (Å²) in [4.78, 5) is 11.4. The van der Waals surface area contributed by atoms with E-state index >= 15 is 0 Å². The molecule has 22 heavy (non-hydrogen) atoms. The number of nitrogens with zero attached hydrogens (tertiary/aromatic N) is 1. The van der Waals surface area contributed by atoms with Crippen molar-refractivity contribution in [3.8, 4) is 22.9 Å². The maximum absolute atomic E-state index is 10.9. The Bertz CT molecular complexity index is 879.